The van der Waals surface area contributed by atoms with Gasteiger partial charge in [0.1, 0.15) is 6.04 Å². The summed E-state index contributed by atoms with van der Waals surface area (Å²) in [5, 5.41) is 14.1. The number of sulfonamides is 1. The van der Waals surface area contributed by atoms with Crippen LogP contribution in [-0.4, -0.2) is 62.7 Å². The van der Waals surface area contributed by atoms with Crippen molar-refractivity contribution in [2.24, 2.45) is 0 Å². The van der Waals surface area contributed by atoms with E-state index in [0.29, 0.717) is 5.56 Å². The second kappa shape index (κ2) is 11.6. The van der Waals surface area contributed by atoms with Crippen LogP contribution in [0.4, 0.5) is 11.4 Å². The lowest BCUT2D eigenvalue weighted by molar-refractivity contribution is -0.384. The molecule has 0 unspecified atom stereocenters. The molecule has 1 aliphatic heterocycles. The number of hydrogen-bond acceptors (Lipinski definition) is 7. The molecule has 1 saturated heterocycles. The summed E-state index contributed by atoms with van der Waals surface area (Å²) in [6, 6.07) is 10.8. The molecule has 0 radical (unpaired) electrons. The number of nitro benzene ring substituents is 1. The maximum Gasteiger partial charge on any atom is 0.271 e. The van der Waals surface area contributed by atoms with Crippen LogP contribution in [0.2, 0.25) is 0 Å². The molecule has 0 aliphatic carbocycles. The average Bonchev–Trinajstić information content (AvgIpc) is 2.81. The zero-order chi connectivity index (χ0) is 25.6. The number of morpholine rings is 1. The molecule has 0 bridgehead atoms. The Morgan fingerprint density at radius 2 is 1.89 bits per heavy atom. The summed E-state index contributed by atoms with van der Waals surface area (Å²) in [6.07, 6.45) is 1.19. The Bertz CT molecular complexity index is 1160. The molecule has 0 saturated carbocycles. The normalized spacial score (nSPS) is 15.4. The first kappa shape index (κ1) is 26.6. The molecule has 1 aliphatic rings. The van der Waals surface area contributed by atoms with Gasteiger partial charge in [0.25, 0.3) is 5.69 Å². The van der Waals surface area contributed by atoms with Gasteiger partial charge in [-0.1, -0.05) is 37.3 Å². The summed E-state index contributed by atoms with van der Waals surface area (Å²) < 4.78 is 31.9. The van der Waals surface area contributed by atoms with Crippen molar-refractivity contribution < 1.29 is 22.9 Å². The lowest BCUT2D eigenvalue weighted by Gasteiger charge is -2.31. The molecule has 1 heterocycles. The first-order chi connectivity index (χ1) is 16.6. The summed E-state index contributed by atoms with van der Waals surface area (Å²) in [5.41, 5.74) is 2.41. The highest BCUT2D eigenvalue weighted by molar-refractivity contribution is 7.92. The molecule has 190 valence electrons. The van der Waals surface area contributed by atoms with Crippen LogP contribution in [0.15, 0.2) is 42.5 Å². The molecule has 2 aromatic carbocycles. The van der Waals surface area contributed by atoms with Gasteiger partial charge >= 0.3 is 0 Å². The summed E-state index contributed by atoms with van der Waals surface area (Å²) in [4.78, 5) is 26.2. The maximum atomic E-state index is 13.2. The molecule has 10 nitrogen and oxygen atoms in total. The largest absolute Gasteiger partial charge is 0.379 e. The number of benzene rings is 2. The van der Waals surface area contributed by atoms with Crippen LogP contribution in [0, 0.1) is 17.0 Å². The van der Waals surface area contributed by atoms with E-state index in [1.165, 1.54) is 18.2 Å². The Balaban J connectivity index is 1.77. The van der Waals surface area contributed by atoms with Gasteiger partial charge in [0.2, 0.25) is 15.9 Å². The predicted octanol–water partition coefficient (Wildman–Crippen LogP) is 2.60. The van der Waals surface area contributed by atoms with E-state index in [2.05, 4.69) is 10.2 Å². The molecule has 3 rings (SSSR count). The molecule has 1 N–H and O–H groups in total. The first-order valence-corrected chi connectivity index (χ1v) is 13.3. The molecule has 2 aromatic rings. The van der Waals surface area contributed by atoms with Gasteiger partial charge in [-0.15, -0.1) is 0 Å². The van der Waals surface area contributed by atoms with E-state index in [4.69, 9.17) is 4.74 Å². The van der Waals surface area contributed by atoms with Crippen LogP contribution in [0.25, 0.3) is 0 Å². The summed E-state index contributed by atoms with van der Waals surface area (Å²) in [7, 11) is -3.91. The predicted molar refractivity (Wildman–Crippen MR) is 134 cm³/mol. The number of rotatable bonds is 10. The van der Waals surface area contributed by atoms with Gasteiger partial charge in [-0.05, 0) is 30.0 Å². The number of carbonyl (C=O) groups excluding carboxylic acids is 1. The minimum absolute atomic E-state index is 0.121. The Kier molecular flexibility index (Phi) is 8.82. The SMILES string of the molecule is CC[C@@H](C(=O)NCc1cccc(CN2CCOCC2)c1)N(c1cc([N+](=O)[O-])ccc1C)S(C)(=O)=O. The summed E-state index contributed by atoms with van der Waals surface area (Å²) in [6.45, 7) is 7.56. The minimum atomic E-state index is -3.91. The van der Waals surface area contributed by atoms with Crippen molar-refractivity contribution in [2.75, 3.05) is 36.9 Å². The summed E-state index contributed by atoms with van der Waals surface area (Å²) in [5.74, 6) is -0.470. The standard InChI is InChI=1S/C24H32N4O6S/c1-4-22(27(35(3,32)33)23-15-21(28(30)31)9-8-18(23)2)24(29)25-16-19-6-5-7-20(14-19)17-26-10-12-34-13-11-26/h5-9,14-15,22H,4,10-13,16-17H2,1-3H3,(H,25,29)/t22-/m0/s1. The third kappa shape index (κ3) is 7.00. The number of non-ortho nitro benzene ring substituents is 1. The highest BCUT2D eigenvalue weighted by Gasteiger charge is 2.33. The maximum absolute atomic E-state index is 13.2. The number of aryl methyl sites for hydroxylation is 1. The number of hydrogen-bond donors (Lipinski definition) is 1. The molecule has 1 fully saturated rings. The zero-order valence-electron chi connectivity index (χ0n) is 20.3. The van der Waals surface area contributed by atoms with E-state index >= 15 is 0 Å². The second-order valence-electron chi connectivity index (χ2n) is 8.64. The zero-order valence-corrected chi connectivity index (χ0v) is 21.1. The number of carbonyl (C=O) groups is 1. The Labute approximate surface area is 206 Å². The Hall–Kier alpha value is -3.02. The van der Waals surface area contributed by atoms with Gasteiger partial charge in [-0.3, -0.25) is 24.1 Å². The van der Waals surface area contributed by atoms with Crippen LogP contribution >= 0.6 is 0 Å². The van der Waals surface area contributed by atoms with Gasteiger partial charge in [-0.25, -0.2) is 8.42 Å². The van der Waals surface area contributed by atoms with Crippen LogP contribution in [-0.2, 0) is 32.6 Å². The minimum Gasteiger partial charge on any atom is -0.379 e. The van der Waals surface area contributed by atoms with E-state index in [1.807, 2.05) is 24.3 Å². The average molecular weight is 505 g/mol. The molecule has 0 spiro atoms. The topological polar surface area (TPSA) is 122 Å². The highest BCUT2D eigenvalue weighted by atomic mass is 32.2. The number of ether oxygens (including phenoxy) is 1. The Morgan fingerprint density at radius 3 is 2.51 bits per heavy atom. The van der Waals surface area contributed by atoms with Crippen molar-refractivity contribution in [1.82, 2.24) is 10.2 Å². The number of nitro groups is 1. The lowest BCUT2D eigenvalue weighted by Crippen LogP contribution is -2.49. The van der Waals surface area contributed by atoms with Gasteiger partial charge in [-0.2, -0.15) is 0 Å². The monoisotopic (exact) mass is 504 g/mol. The fourth-order valence-electron chi connectivity index (χ4n) is 4.15. The Morgan fingerprint density at radius 1 is 1.20 bits per heavy atom. The first-order valence-electron chi connectivity index (χ1n) is 11.5. The summed E-state index contributed by atoms with van der Waals surface area (Å²) >= 11 is 0. The van der Waals surface area contributed by atoms with E-state index in [9.17, 15) is 23.3 Å². The number of nitrogens with zero attached hydrogens (tertiary/aromatic N) is 3. The van der Waals surface area contributed by atoms with Crippen LogP contribution in [0.1, 0.15) is 30.0 Å². The fraction of sp³-hybridized carbons (Fsp3) is 0.458. The lowest BCUT2D eigenvalue weighted by atomic mass is 10.1. The third-order valence-electron chi connectivity index (χ3n) is 5.94. The molecule has 11 heteroatoms. The van der Waals surface area contributed by atoms with Gasteiger partial charge in [0, 0.05) is 38.3 Å². The molecule has 1 amide bonds. The molecule has 35 heavy (non-hydrogen) atoms. The molecular weight excluding hydrogens is 472 g/mol. The van der Waals surface area contributed by atoms with Crippen molar-refractivity contribution >= 4 is 27.3 Å². The van der Waals surface area contributed by atoms with Crippen LogP contribution < -0.4 is 9.62 Å². The second-order valence-corrected chi connectivity index (χ2v) is 10.5. The number of nitrogens with one attached hydrogen (secondary N) is 1. The molecular formula is C24H32N4O6S. The van der Waals surface area contributed by atoms with E-state index < -0.39 is 26.9 Å². The van der Waals surface area contributed by atoms with E-state index in [1.54, 1.807) is 13.8 Å². The van der Waals surface area contributed by atoms with Crippen molar-refractivity contribution in [3.63, 3.8) is 0 Å². The third-order valence-corrected chi connectivity index (χ3v) is 7.10. The van der Waals surface area contributed by atoms with E-state index in [0.717, 1.165) is 54.5 Å². The highest BCUT2D eigenvalue weighted by Crippen LogP contribution is 2.30. The van der Waals surface area contributed by atoms with Crippen LogP contribution in [0.5, 0.6) is 0 Å². The molecule has 1 atom stereocenters. The van der Waals surface area contributed by atoms with Gasteiger partial charge < -0.3 is 10.1 Å². The quantitative estimate of drug-likeness (QED) is 0.390. The van der Waals surface area contributed by atoms with Gasteiger partial charge in [0.05, 0.1) is 30.1 Å². The van der Waals surface area contributed by atoms with E-state index in [-0.39, 0.29) is 24.3 Å². The van der Waals surface area contributed by atoms with Crippen molar-refractivity contribution in [2.45, 2.75) is 39.4 Å². The van der Waals surface area contributed by atoms with Crippen molar-refractivity contribution in [3.8, 4) is 0 Å². The fourth-order valence-corrected chi connectivity index (χ4v) is 5.41. The van der Waals surface area contributed by atoms with Crippen LogP contribution in [0.3, 0.4) is 0 Å². The smallest absolute Gasteiger partial charge is 0.271 e. The van der Waals surface area contributed by atoms with Crippen molar-refractivity contribution in [3.05, 3.63) is 69.3 Å². The molecule has 0 aromatic heterocycles. The number of anilines is 1. The van der Waals surface area contributed by atoms with Crippen molar-refractivity contribution in [1.29, 1.82) is 0 Å². The van der Waals surface area contributed by atoms with Gasteiger partial charge in [0.15, 0.2) is 0 Å². The number of amides is 1.